The molecule has 1 rings (SSSR count). The summed E-state index contributed by atoms with van der Waals surface area (Å²) in [5, 5.41) is 7.77. The molecule has 0 aliphatic heterocycles. The number of Topliss-reactive ketones (excluding diaryl/α,β-unsaturated/α-hetero) is 2. The van der Waals surface area contributed by atoms with Gasteiger partial charge in [0.15, 0.2) is 11.7 Å². The van der Waals surface area contributed by atoms with Gasteiger partial charge in [0, 0.05) is 25.8 Å². The van der Waals surface area contributed by atoms with E-state index in [9.17, 15) is 28.8 Å². The van der Waals surface area contributed by atoms with Crippen molar-refractivity contribution in [2.45, 2.75) is 91.3 Å². The van der Waals surface area contributed by atoms with E-state index < -0.39 is 53.5 Å². The average Bonchev–Trinajstić information content (AvgIpc) is 2.95. The maximum Gasteiger partial charge on any atom is 0.290 e. The highest BCUT2D eigenvalue weighted by Crippen LogP contribution is 2.20. The van der Waals surface area contributed by atoms with Crippen LogP contribution in [0, 0.1) is 17.8 Å². The molecule has 44 heavy (non-hydrogen) atoms. The Morgan fingerprint density at radius 2 is 1.52 bits per heavy atom. The second-order valence-electron chi connectivity index (χ2n) is 11.6. The van der Waals surface area contributed by atoms with Crippen molar-refractivity contribution in [3.05, 3.63) is 35.9 Å². The van der Waals surface area contributed by atoms with Gasteiger partial charge in [-0.2, -0.15) is 0 Å². The summed E-state index contributed by atoms with van der Waals surface area (Å²) in [7, 11) is 0. The molecule has 244 valence electrons. The Labute approximate surface area is 259 Å². The lowest BCUT2D eigenvalue weighted by molar-refractivity contribution is -0.142. The number of nitrogens with one attached hydrogen (secondary N) is 3. The Balaban J connectivity index is 3.11. The molecule has 4 amide bonds. The largest absolute Gasteiger partial charge is 0.370 e. The highest BCUT2D eigenvalue weighted by atomic mass is 16.2. The number of amides is 4. The number of nitrogens with zero attached hydrogens (tertiary/aromatic N) is 1. The van der Waals surface area contributed by atoms with Crippen LogP contribution in [0.15, 0.2) is 35.3 Å². The zero-order chi connectivity index (χ0) is 33.4. The third-order valence-corrected chi connectivity index (χ3v) is 7.23. The van der Waals surface area contributed by atoms with Crippen LogP contribution in [0.5, 0.6) is 0 Å². The van der Waals surface area contributed by atoms with Gasteiger partial charge < -0.3 is 33.2 Å². The summed E-state index contributed by atoms with van der Waals surface area (Å²) < 4.78 is 0. The van der Waals surface area contributed by atoms with Crippen molar-refractivity contribution in [1.82, 2.24) is 16.0 Å². The van der Waals surface area contributed by atoms with E-state index in [4.69, 9.17) is 17.2 Å². The van der Waals surface area contributed by atoms with Crippen LogP contribution in [-0.4, -0.2) is 65.8 Å². The van der Waals surface area contributed by atoms with Gasteiger partial charge in [-0.25, -0.2) is 0 Å². The number of aliphatic imine (C=N–C) groups is 1. The molecular weight excluding hydrogens is 566 g/mol. The first-order valence-electron chi connectivity index (χ1n) is 15.0. The third-order valence-electron chi connectivity index (χ3n) is 7.23. The number of carbonyl (C=O) groups is 6. The first-order valence-corrected chi connectivity index (χ1v) is 15.0. The van der Waals surface area contributed by atoms with E-state index in [0.717, 1.165) is 5.56 Å². The summed E-state index contributed by atoms with van der Waals surface area (Å²) in [5.74, 6) is -5.42. The number of rotatable bonds is 20. The van der Waals surface area contributed by atoms with E-state index in [1.807, 2.05) is 51.1 Å². The molecular formula is C31H49N7O6. The molecule has 13 heteroatoms. The number of carbonyl (C=O) groups excluding carboxylic acids is 6. The van der Waals surface area contributed by atoms with Crippen molar-refractivity contribution < 1.29 is 28.8 Å². The van der Waals surface area contributed by atoms with E-state index >= 15 is 0 Å². The molecule has 1 aromatic rings. The summed E-state index contributed by atoms with van der Waals surface area (Å²) in [4.78, 5) is 80.9. The molecule has 1 aromatic carbocycles. The van der Waals surface area contributed by atoms with Crippen molar-refractivity contribution in [1.29, 1.82) is 0 Å². The minimum atomic E-state index is -1.21. The molecule has 0 radical (unpaired) electrons. The molecule has 5 atom stereocenters. The Bertz CT molecular complexity index is 1170. The average molecular weight is 616 g/mol. The summed E-state index contributed by atoms with van der Waals surface area (Å²) in [6, 6.07) is 6.02. The predicted octanol–water partition coefficient (Wildman–Crippen LogP) is 0.479. The Morgan fingerprint density at radius 3 is 2.05 bits per heavy atom. The number of benzene rings is 1. The summed E-state index contributed by atoms with van der Waals surface area (Å²) >= 11 is 0. The van der Waals surface area contributed by atoms with E-state index in [-0.39, 0.29) is 49.4 Å². The highest BCUT2D eigenvalue weighted by Gasteiger charge is 2.35. The predicted molar refractivity (Wildman–Crippen MR) is 168 cm³/mol. The van der Waals surface area contributed by atoms with Crippen LogP contribution in [0.25, 0.3) is 0 Å². The van der Waals surface area contributed by atoms with Gasteiger partial charge in [0.2, 0.25) is 23.5 Å². The SMILES string of the molecule is CC[C@H](C)C(NC(=O)[C@@H](CC(=O)[C@H](Cc1ccccc1)NC(C)=O)CC(C)C)C(=O)C(=O)N[C@H](CCCN=C(N)N)C(N)=O. The molecule has 0 aliphatic rings. The number of guanidine groups is 1. The maximum atomic E-state index is 13.6. The lowest BCUT2D eigenvalue weighted by Gasteiger charge is -2.27. The van der Waals surface area contributed by atoms with Crippen LogP contribution in [0.1, 0.15) is 72.3 Å². The molecule has 13 nitrogen and oxygen atoms in total. The first-order chi connectivity index (χ1) is 20.7. The monoisotopic (exact) mass is 615 g/mol. The zero-order valence-electron chi connectivity index (χ0n) is 26.4. The van der Waals surface area contributed by atoms with Crippen LogP contribution in [0.2, 0.25) is 0 Å². The van der Waals surface area contributed by atoms with Gasteiger partial charge in [-0.1, -0.05) is 64.4 Å². The van der Waals surface area contributed by atoms with E-state index in [1.54, 1.807) is 6.92 Å². The van der Waals surface area contributed by atoms with Gasteiger partial charge in [0.05, 0.1) is 12.1 Å². The zero-order valence-corrected chi connectivity index (χ0v) is 26.4. The van der Waals surface area contributed by atoms with Crippen LogP contribution in [-0.2, 0) is 35.2 Å². The third kappa shape index (κ3) is 13.8. The van der Waals surface area contributed by atoms with Gasteiger partial charge in [-0.15, -0.1) is 0 Å². The fraction of sp³-hybridized carbons (Fsp3) is 0.581. The number of hydrogen-bond acceptors (Lipinski definition) is 7. The molecule has 0 fully saturated rings. The highest BCUT2D eigenvalue weighted by molar-refractivity contribution is 6.38. The number of hydrogen-bond donors (Lipinski definition) is 6. The molecule has 0 spiro atoms. The summed E-state index contributed by atoms with van der Waals surface area (Å²) in [6.07, 6.45) is 1.30. The standard InChI is InChI=1S/C31H49N7O6/c1-6-19(4)26(27(41)30(44)37-23(28(32)42)13-10-14-35-31(33)34)38-29(43)22(15-18(2)3)17-25(40)24(36-20(5)39)16-21-11-8-7-9-12-21/h7-9,11-12,18-19,22-24,26H,6,10,13-17H2,1-5H3,(H2,32,42)(H,36,39)(H,37,44)(H,38,43)(H4,33,34,35)/t19-,22+,23+,24-,26?/m0/s1. The lowest BCUT2D eigenvalue weighted by Crippen LogP contribution is -2.55. The second kappa shape index (κ2) is 19.1. The number of primary amides is 1. The summed E-state index contributed by atoms with van der Waals surface area (Å²) in [6.45, 7) is 8.85. The van der Waals surface area contributed by atoms with Crippen molar-refractivity contribution in [2.24, 2.45) is 39.9 Å². The quantitative estimate of drug-likeness (QED) is 0.0522. The minimum absolute atomic E-state index is 0.0308. The molecule has 0 saturated heterocycles. The van der Waals surface area contributed by atoms with Crippen molar-refractivity contribution in [2.75, 3.05) is 6.54 Å². The molecule has 0 saturated carbocycles. The Hall–Kier alpha value is -4.29. The van der Waals surface area contributed by atoms with Gasteiger partial charge in [0.25, 0.3) is 5.91 Å². The summed E-state index contributed by atoms with van der Waals surface area (Å²) in [5.41, 5.74) is 16.9. The van der Waals surface area contributed by atoms with Crippen LogP contribution >= 0.6 is 0 Å². The number of nitrogens with two attached hydrogens (primary N) is 3. The molecule has 0 heterocycles. The van der Waals surface area contributed by atoms with Crippen LogP contribution in [0.3, 0.4) is 0 Å². The topological polar surface area (TPSA) is 229 Å². The minimum Gasteiger partial charge on any atom is -0.370 e. The van der Waals surface area contributed by atoms with Crippen molar-refractivity contribution in [3.8, 4) is 0 Å². The normalized spacial score (nSPS) is 14.3. The van der Waals surface area contributed by atoms with Gasteiger partial charge in [-0.3, -0.25) is 33.8 Å². The van der Waals surface area contributed by atoms with E-state index in [2.05, 4.69) is 20.9 Å². The molecule has 0 aromatic heterocycles. The van der Waals surface area contributed by atoms with Gasteiger partial charge in [0.1, 0.15) is 6.04 Å². The molecule has 0 aliphatic carbocycles. The smallest absolute Gasteiger partial charge is 0.290 e. The Morgan fingerprint density at radius 1 is 0.886 bits per heavy atom. The van der Waals surface area contributed by atoms with E-state index in [1.165, 1.54) is 6.92 Å². The first kappa shape index (κ1) is 37.7. The van der Waals surface area contributed by atoms with Crippen LogP contribution < -0.4 is 33.2 Å². The van der Waals surface area contributed by atoms with Crippen molar-refractivity contribution in [3.63, 3.8) is 0 Å². The lowest BCUT2D eigenvalue weighted by atomic mass is 9.87. The van der Waals surface area contributed by atoms with Crippen LogP contribution in [0.4, 0.5) is 0 Å². The fourth-order valence-electron chi connectivity index (χ4n) is 4.71. The van der Waals surface area contributed by atoms with Crippen molar-refractivity contribution >= 4 is 41.2 Å². The Kier molecular flexibility index (Phi) is 16.4. The maximum absolute atomic E-state index is 13.6. The molecule has 0 bridgehead atoms. The second-order valence-corrected chi connectivity index (χ2v) is 11.6. The fourth-order valence-corrected chi connectivity index (χ4v) is 4.71. The molecule has 1 unspecified atom stereocenters. The number of ketones is 2. The van der Waals surface area contributed by atoms with Gasteiger partial charge in [-0.05, 0) is 43.1 Å². The molecule has 9 N–H and O–H groups in total. The van der Waals surface area contributed by atoms with E-state index in [0.29, 0.717) is 19.3 Å². The van der Waals surface area contributed by atoms with Gasteiger partial charge >= 0.3 is 0 Å².